The Balaban J connectivity index is 2.77. The van der Waals surface area contributed by atoms with Gasteiger partial charge in [0.15, 0.2) is 5.25 Å². The van der Waals surface area contributed by atoms with Crippen LogP contribution in [0.25, 0.3) is 0 Å². The molecule has 6 heteroatoms. The summed E-state index contributed by atoms with van der Waals surface area (Å²) in [6.45, 7) is 0. The van der Waals surface area contributed by atoms with Crippen molar-refractivity contribution in [3.63, 3.8) is 0 Å². The Bertz CT molecular complexity index is 222. The van der Waals surface area contributed by atoms with E-state index in [1.54, 1.807) is 0 Å². The molecule has 1 rings (SSSR count). The van der Waals surface area contributed by atoms with Gasteiger partial charge in [-0.05, 0) is 0 Å². The molecule has 10 heavy (non-hydrogen) atoms. The summed E-state index contributed by atoms with van der Waals surface area (Å²) < 4.78 is 4.66. The molecule has 0 radical (unpaired) electrons. The highest BCUT2D eigenvalue weighted by atomic mass is 32.1. The monoisotopic (exact) mass is 159 g/mol. The van der Waals surface area contributed by atoms with E-state index in [0.717, 1.165) is 6.39 Å². The fraction of sp³-hybridized carbons (Fsp3) is 0.250. The highest BCUT2D eigenvalue weighted by Crippen LogP contribution is 2.14. The first-order chi connectivity index (χ1) is 4.72. The molecule has 2 N–H and O–H groups in total. The third-order valence-corrected chi connectivity index (χ3v) is 1.36. The molecular weight excluding hydrogens is 154 g/mol. The number of amides is 1. The van der Waals surface area contributed by atoms with Crippen molar-refractivity contribution in [2.75, 3.05) is 0 Å². The summed E-state index contributed by atoms with van der Waals surface area (Å²) in [5.41, 5.74) is 4.88. The van der Waals surface area contributed by atoms with Crippen molar-refractivity contribution in [3.8, 4) is 0 Å². The zero-order valence-corrected chi connectivity index (χ0v) is 5.78. The van der Waals surface area contributed by atoms with Gasteiger partial charge in [-0.1, -0.05) is 0 Å². The molecule has 0 aliphatic heterocycles. The van der Waals surface area contributed by atoms with Crippen LogP contribution in [-0.4, -0.2) is 16.1 Å². The maximum absolute atomic E-state index is 10.4. The molecule has 0 aliphatic rings. The van der Waals surface area contributed by atoms with Gasteiger partial charge in [-0.2, -0.15) is 12.6 Å². The summed E-state index contributed by atoms with van der Waals surface area (Å²) >= 11 is 3.81. The summed E-state index contributed by atoms with van der Waals surface area (Å²) in [6.07, 6.45) is 1.11. The third-order valence-electron chi connectivity index (χ3n) is 0.880. The minimum atomic E-state index is -0.803. The van der Waals surface area contributed by atoms with Crippen molar-refractivity contribution < 1.29 is 9.21 Å². The topological polar surface area (TPSA) is 82.0 Å². The number of nitrogens with zero attached hydrogens (tertiary/aromatic N) is 2. The van der Waals surface area contributed by atoms with E-state index in [4.69, 9.17) is 5.73 Å². The van der Waals surface area contributed by atoms with Crippen LogP contribution < -0.4 is 5.73 Å². The Labute approximate surface area is 62.0 Å². The van der Waals surface area contributed by atoms with Gasteiger partial charge < -0.3 is 10.2 Å². The van der Waals surface area contributed by atoms with Crippen LogP contribution in [0.1, 0.15) is 11.1 Å². The average Bonchev–Trinajstić information content (AvgIpc) is 2.36. The molecule has 1 atom stereocenters. The number of hydrogen-bond donors (Lipinski definition) is 2. The number of nitrogens with two attached hydrogens (primary N) is 1. The summed E-state index contributed by atoms with van der Waals surface area (Å²) in [5, 5.41) is 5.99. The molecule has 5 nitrogen and oxygen atoms in total. The van der Waals surface area contributed by atoms with Gasteiger partial charge in [0, 0.05) is 0 Å². The van der Waals surface area contributed by atoms with E-state index >= 15 is 0 Å². The quantitative estimate of drug-likeness (QED) is 0.571. The van der Waals surface area contributed by atoms with Gasteiger partial charge in [0.1, 0.15) is 0 Å². The summed E-state index contributed by atoms with van der Waals surface area (Å²) in [4.78, 5) is 10.4. The molecule has 54 valence electrons. The first kappa shape index (κ1) is 7.07. The Hall–Kier alpha value is -1.04. The largest absolute Gasteiger partial charge is 0.426 e. The second-order valence-electron chi connectivity index (χ2n) is 1.58. The molecule has 0 spiro atoms. The summed E-state index contributed by atoms with van der Waals surface area (Å²) in [6, 6.07) is 0. The first-order valence-corrected chi connectivity index (χ1v) is 2.97. The van der Waals surface area contributed by atoms with Crippen molar-refractivity contribution in [2.45, 2.75) is 5.25 Å². The fourth-order valence-corrected chi connectivity index (χ4v) is 0.535. The van der Waals surface area contributed by atoms with E-state index in [0.29, 0.717) is 0 Å². The van der Waals surface area contributed by atoms with Crippen molar-refractivity contribution >= 4 is 18.5 Å². The first-order valence-electron chi connectivity index (χ1n) is 2.45. The standard InChI is InChI=1S/C4H5N3O2S/c5-3(8)2(10)4-7-6-1-9-4/h1-2,10H,(H2,5,8). The van der Waals surface area contributed by atoms with Crippen LogP contribution >= 0.6 is 12.6 Å². The zero-order valence-electron chi connectivity index (χ0n) is 4.89. The molecule has 0 bridgehead atoms. The van der Waals surface area contributed by atoms with E-state index in [1.807, 2.05) is 0 Å². The molecular formula is C4H5N3O2S. The van der Waals surface area contributed by atoms with Gasteiger partial charge in [-0.25, -0.2) is 0 Å². The highest BCUT2D eigenvalue weighted by Gasteiger charge is 2.17. The van der Waals surface area contributed by atoms with E-state index in [2.05, 4.69) is 27.2 Å². The van der Waals surface area contributed by atoms with Gasteiger partial charge in [-0.15, -0.1) is 10.2 Å². The summed E-state index contributed by atoms with van der Waals surface area (Å²) in [5.74, 6) is -0.483. The van der Waals surface area contributed by atoms with Crippen molar-refractivity contribution in [1.29, 1.82) is 0 Å². The maximum atomic E-state index is 10.4. The van der Waals surface area contributed by atoms with E-state index in [9.17, 15) is 4.79 Å². The number of thiol groups is 1. The number of carbonyl (C=O) groups is 1. The van der Waals surface area contributed by atoms with Gasteiger partial charge in [0.2, 0.25) is 18.2 Å². The molecule has 1 heterocycles. The lowest BCUT2D eigenvalue weighted by Gasteiger charge is -1.96. The normalized spacial score (nSPS) is 12.9. The molecule has 1 aromatic heterocycles. The van der Waals surface area contributed by atoms with Crippen LogP contribution in [0.4, 0.5) is 0 Å². The minimum Gasteiger partial charge on any atom is -0.426 e. The van der Waals surface area contributed by atoms with Crippen LogP contribution in [-0.2, 0) is 4.79 Å². The van der Waals surface area contributed by atoms with Crippen molar-refractivity contribution in [1.82, 2.24) is 10.2 Å². The fourth-order valence-electron chi connectivity index (χ4n) is 0.422. The number of aromatic nitrogens is 2. The van der Waals surface area contributed by atoms with Crippen LogP contribution in [0.3, 0.4) is 0 Å². The van der Waals surface area contributed by atoms with Crippen LogP contribution in [0.2, 0.25) is 0 Å². The smallest absolute Gasteiger partial charge is 0.239 e. The lowest BCUT2D eigenvalue weighted by atomic mass is 10.4. The Morgan fingerprint density at radius 3 is 3.00 bits per heavy atom. The average molecular weight is 159 g/mol. The van der Waals surface area contributed by atoms with E-state index in [-0.39, 0.29) is 5.89 Å². The highest BCUT2D eigenvalue weighted by molar-refractivity contribution is 7.81. The molecule has 0 saturated carbocycles. The summed E-state index contributed by atoms with van der Waals surface area (Å²) in [7, 11) is 0. The Morgan fingerprint density at radius 2 is 2.60 bits per heavy atom. The Kier molecular flexibility index (Phi) is 1.91. The second-order valence-corrected chi connectivity index (χ2v) is 2.10. The Morgan fingerprint density at radius 1 is 1.90 bits per heavy atom. The van der Waals surface area contributed by atoms with Crippen molar-refractivity contribution in [3.05, 3.63) is 12.3 Å². The third kappa shape index (κ3) is 1.27. The molecule has 0 aromatic carbocycles. The van der Waals surface area contributed by atoms with Gasteiger partial charge in [0.05, 0.1) is 0 Å². The van der Waals surface area contributed by atoms with E-state index in [1.165, 1.54) is 0 Å². The molecule has 0 fully saturated rings. The molecule has 1 unspecified atom stereocenters. The molecule has 1 aromatic rings. The molecule has 0 saturated heterocycles. The molecule has 0 aliphatic carbocycles. The predicted molar refractivity (Wildman–Crippen MR) is 35.2 cm³/mol. The van der Waals surface area contributed by atoms with Gasteiger partial charge in [-0.3, -0.25) is 4.79 Å². The van der Waals surface area contributed by atoms with Crippen LogP contribution in [0.15, 0.2) is 10.8 Å². The minimum absolute atomic E-state index is 0.121. The zero-order chi connectivity index (χ0) is 7.56. The van der Waals surface area contributed by atoms with E-state index < -0.39 is 11.2 Å². The number of primary amides is 1. The lowest BCUT2D eigenvalue weighted by Crippen LogP contribution is -2.17. The number of hydrogen-bond acceptors (Lipinski definition) is 5. The SMILES string of the molecule is NC(=O)C(S)c1nnco1. The number of carbonyl (C=O) groups excluding carboxylic acids is 1. The van der Waals surface area contributed by atoms with Crippen LogP contribution in [0, 0.1) is 0 Å². The maximum Gasteiger partial charge on any atom is 0.239 e. The second kappa shape index (κ2) is 2.70. The van der Waals surface area contributed by atoms with Gasteiger partial charge in [0.25, 0.3) is 0 Å². The van der Waals surface area contributed by atoms with Crippen molar-refractivity contribution in [2.24, 2.45) is 5.73 Å². The number of rotatable bonds is 2. The molecule has 1 amide bonds. The predicted octanol–water partition coefficient (Wildman–Crippen LogP) is -0.474. The van der Waals surface area contributed by atoms with Crippen LogP contribution in [0.5, 0.6) is 0 Å². The lowest BCUT2D eigenvalue weighted by molar-refractivity contribution is -0.117. The van der Waals surface area contributed by atoms with Gasteiger partial charge >= 0.3 is 0 Å².